The van der Waals surface area contributed by atoms with Crippen molar-refractivity contribution in [3.63, 3.8) is 0 Å². The number of hydrogen-bond donors (Lipinski definition) is 2. The van der Waals surface area contributed by atoms with E-state index in [1.54, 1.807) is 0 Å². The molecule has 1 aliphatic carbocycles. The largest absolute Gasteiger partial charge is 0.396 e. The van der Waals surface area contributed by atoms with Crippen molar-refractivity contribution in [2.24, 2.45) is 5.41 Å². The van der Waals surface area contributed by atoms with Gasteiger partial charge in [-0.25, -0.2) is 0 Å². The monoisotopic (exact) mass is 199 g/mol. The van der Waals surface area contributed by atoms with Gasteiger partial charge in [-0.1, -0.05) is 20.3 Å². The van der Waals surface area contributed by atoms with Gasteiger partial charge < -0.3 is 10.4 Å². The third kappa shape index (κ3) is 2.96. The Morgan fingerprint density at radius 3 is 2.29 bits per heavy atom. The van der Waals surface area contributed by atoms with Crippen molar-refractivity contribution in [3.8, 4) is 0 Å². The molecular formula is C12H25NO. The predicted molar refractivity (Wildman–Crippen MR) is 60.4 cm³/mol. The van der Waals surface area contributed by atoms with Gasteiger partial charge in [-0.15, -0.1) is 0 Å². The topological polar surface area (TPSA) is 32.3 Å². The Morgan fingerprint density at radius 2 is 1.93 bits per heavy atom. The Morgan fingerprint density at radius 1 is 1.29 bits per heavy atom. The molecule has 1 saturated carbocycles. The molecular weight excluding hydrogens is 174 g/mol. The minimum atomic E-state index is 0.327. The van der Waals surface area contributed by atoms with Gasteiger partial charge in [-0.2, -0.15) is 0 Å². The molecule has 14 heavy (non-hydrogen) atoms. The van der Waals surface area contributed by atoms with Crippen molar-refractivity contribution in [2.75, 3.05) is 13.2 Å². The fourth-order valence-electron chi connectivity index (χ4n) is 2.15. The third-order valence-corrected chi connectivity index (χ3v) is 4.01. The number of aliphatic hydroxyl groups is 1. The molecule has 0 heterocycles. The highest BCUT2D eigenvalue weighted by molar-refractivity contribution is 4.83. The van der Waals surface area contributed by atoms with Crippen LogP contribution >= 0.6 is 0 Å². The molecule has 0 bridgehead atoms. The SMILES string of the molecule is CCC(CC)(CCO)CNC1CCC1. The molecule has 0 radical (unpaired) electrons. The molecule has 1 aliphatic rings. The predicted octanol–water partition coefficient (Wildman–Crippen LogP) is 2.32. The lowest BCUT2D eigenvalue weighted by atomic mass is 9.78. The summed E-state index contributed by atoms with van der Waals surface area (Å²) in [5, 5.41) is 12.7. The van der Waals surface area contributed by atoms with Crippen molar-refractivity contribution >= 4 is 0 Å². The van der Waals surface area contributed by atoms with E-state index in [4.69, 9.17) is 5.11 Å². The number of nitrogens with one attached hydrogen (secondary N) is 1. The van der Waals surface area contributed by atoms with Gasteiger partial charge >= 0.3 is 0 Å². The van der Waals surface area contributed by atoms with Gasteiger partial charge in [-0.3, -0.25) is 0 Å². The standard InChI is InChI=1S/C12H25NO/c1-3-12(4-2,8-9-14)10-13-11-6-5-7-11/h11,13-14H,3-10H2,1-2H3. The molecule has 0 saturated heterocycles. The Balaban J connectivity index is 2.31. The molecule has 0 aliphatic heterocycles. The molecule has 0 aromatic carbocycles. The first kappa shape index (κ1) is 12.0. The molecule has 84 valence electrons. The van der Waals surface area contributed by atoms with E-state index in [2.05, 4.69) is 19.2 Å². The molecule has 0 aromatic heterocycles. The lowest BCUT2D eigenvalue weighted by Crippen LogP contribution is -2.42. The van der Waals surface area contributed by atoms with Crippen LogP contribution in [0.1, 0.15) is 52.4 Å². The summed E-state index contributed by atoms with van der Waals surface area (Å²) in [6.07, 6.45) is 7.38. The first-order valence-electron chi connectivity index (χ1n) is 6.10. The normalized spacial score (nSPS) is 18.2. The Bertz CT molecular complexity index is 150. The minimum Gasteiger partial charge on any atom is -0.396 e. The van der Waals surface area contributed by atoms with Crippen molar-refractivity contribution in [3.05, 3.63) is 0 Å². The smallest absolute Gasteiger partial charge is 0.0436 e. The van der Waals surface area contributed by atoms with Gasteiger partial charge in [0, 0.05) is 19.2 Å². The zero-order valence-corrected chi connectivity index (χ0v) is 9.68. The van der Waals surface area contributed by atoms with Crippen molar-refractivity contribution < 1.29 is 5.11 Å². The van der Waals surface area contributed by atoms with Crippen LogP contribution in [0.15, 0.2) is 0 Å². The highest BCUT2D eigenvalue weighted by Crippen LogP contribution is 2.30. The third-order valence-electron chi connectivity index (χ3n) is 4.01. The molecule has 0 amide bonds. The van der Waals surface area contributed by atoms with E-state index in [1.165, 1.54) is 32.1 Å². The summed E-state index contributed by atoms with van der Waals surface area (Å²) in [6.45, 7) is 5.89. The lowest BCUT2D eigenvalue weighted by molar-refractivity contribution is 0.151. The zero-order chi connectivity index (χ0) is 10.4. The molecule has 0 unspecified atom stereocenters. The highest BCUT2D eigenvalue weighted by Gasteiger charge is 2.27. The van der Waals surface area contributed by atoms with Gasteiger partial charge in [0.25, 0.3) is 0 Å². The molecule has 2 heteroatoms. The van der Waals surface area contributed by atoms with Crippen LogP contribution in [0, 0.1) is 5.41 Å². The maximum absolute atomic E-state index is 9.07. The molecule has 0 atom stereocenters. The van der Waals surface area contributed by atoms with E-state index in [1.807, 2.05) is 0 Å². The summed E-state index contributed by atoms with van der Waals surface area (Å²) in [5.41, 5.74) is 0.338. The number of rotatable bonds is 7. The van der Waals surface area contributed by atoms with Crippen LogP contribution in [0.2, 0.25) is 0 Å². The van der Waals surface area contributed by atoms with Crippen LogP contribution in [0.25, 0.3) is 0 Å². The van der Waals surface area contributed by atoms with Gasteiger partial charge in [0.15, 0.2) is 0 Å². The molecule has 2 N–H and O–H groups in total. The van der Waals surface area contributed by atoms with E-state index in [0.717, 1.165) is 19.0 Å². The van der Waals surface area contributed by atoms with Gasteiger partial charge in [0.05, 0.1) is 0 Å². The van der Waals surface area contributed by atoms with Gasteiger partial charge in [-0.05, 0) is 37.5 Å². The molecule has 0 spiro atoms. The summed E-state index contributed by atoms with van der Waals surface area (Å²) in [7, 11) is 0. The van der Waals surface area contributed by atoms with Crippen LogP contribution in [0.5, 0.6) is 0 Å². The summed E-state index contributed by atoms with van der Waals surface area (Å²) >= 11 is 0. The van der Waals surface area contributed by atoms with Gasteiger partial charge in [0.1, 0.15) is 0 Å². The van der Waals surface area contributed by atoms with E-state index in [9.17, 15) is 0 Å². The average Bonchev–Trinajstić information content (AvgIpc) is 2.14. The first-order valence-corrected chi connectivity index (χ1v) is 6.10. The highest BCUT2D eigenvalue weighted by atomic mass is 16.3. The molecule has 1 fully saturated rings. The maximum Gasteiger partial charge on any atom is 0.0436 e. The van der Waals surface area contributed by atoms with Crippen LogP contribution < -0.4 is 5.32 Å². The van der Waals surface area contributed by atoms with E-state index in [0.29, 0.717) is 12.0 Å². The zero-order valence-electron chi connectivity index (χ0n) is 9.68. The molecule has 2 nitrogen and oxygen atoms in total. The molecule has 0 aromatic rings. The minimum absolute atomic E-state index is 0.327. The first-order chi connectivity index (χ1) is 6.76. The van der Waals surface area contributed by atoms with E-state index in [-0.39, 0.29) is 0 Å². The summed E-state index contributed by atoms with van der Waals surface area (Å²) in [4.78, 5) is 0. The van der Waals surface area contributed by atoms with Crippen LogP contribution in [-0.2, 0) is 0 Å². The maximum atomic E-state index is 9.07. The van der Waals surface area contributed by atoms with Crippen molar-refractivity contribution in [2.45, 2.75) is 58.4 Å². The summed E-state index contributed by atoms with van der Waals surface area (Å²) in [6, 6.07) is 0.770. The average molecular weight is 199 g/mol. The number of hydrogen-bond acceptors (Lipinski definition) is 2. The lowest BCUT2D eigenvalue weighted by Gasteiger charge is -2.36. The van der Waals surface area contributed by atoms with Crippen molar-refractivity contribution in [1.29, 1.82) is 0 Å². The Hall–Kier alpha value is -0.0800. The van der Waals surface area contributed by atoms with Gasteiger partial charge in [0.2, 0.25) is 0 Å². The fourth-order valence-corrected chi connectivity index (χ4v) is 2.15. The fraction of sp³-hybridized carbons (Fsp3) is 1.00. The van der Waals surface area contributed by atoms with E-state index < -0.39 is 0 Å². The second-order valence-electron chi connectivity index (χ2n) is 4.69. The second-order valence-corrected chi connectivity index (χ2v) is 4.69. The van der Waals surface area contributed by atoms with Crippen LogP contribution in [-0.4, -0.2) is 24.3 Å². The van der Waals surface area contributed by atoms with E-state index >= 15 is 0 Å². The summed E-state index contributed by atoms with van der Waals surface area (Å²) in [5.74, 6) is 0. The molecule has 1 rings (SSSR count). The van der Waals surface area contributed by atoms with Crippen molar-refractivity contribution in [1.82, 2.24) is 5.32 Å². The second kappa shape index (κ2) is 5.72. The Labute approximate surface area is 88.1 Å². The quantitative estimate of drug-likeness (QED) is 0.659. The Kier molecular flexibility index (Phi) is 4.90. The number of aliphatic hydroxyl groups excluding tert-OH is 1. The van der Waals surface area contributed by atoms with Crippen LogP contribution in [0.3, 0.4) is 0 Å². The van der Waals surface area contributed by atoms with Crippen LogP contribution in [0.4, 0.5) is 0 Å². The summed E-state index contributed by atoms with van der Waals surface area (Å²) < 4.78 is 0.